The summed E-state index contributed by atoms with van der Waals surface area (Å²) in [4.78, 5) is 19.3. The Bertz CT molecular complexity index is 1270. The second-order valence-electron chi connectivity index (χ2n) is 8.44. The maximum Gasteiger partial charge on any atom is 0.292 e. The molecule has 3 aromatic heterocycles. The van der Waals surface area contributed by atoms with Crippen molar-refractivity contribution in [2.75, 3.05) is 13.1 Å². The molecule has 4 aromatic rings. The number of aromatic nitrogens is 4. The molecule has 1 aromatic carbocycles. The second-order valence-corrected chi connectivity index (χ2v) is 8.44. The highest BCUT2D eigenvalue weighted by Gasteiger charge is 2.30. The topological polar surface area (TPSA) is 90.2 Å². The molecular weight excluding hydrogens is 425 g/mol. The van der Waals surface area contributed by atoms with Crippen molar-refractivity contribution in [1.29, 1.82) is 0 Å². The van der Waals surface area contributed by atoms with Crippen LogP contribution in [0, 0.1) is 12.7 Å². The molecule has 1 unspecified atom stereocenters. The third kappa shape index (κ3) is 4.44. The van der Waals surface area contributed by atoms with Crippen LogP contribution in [0.15, 0.2) is 51.7 Å². The fourth-order valence-electron chi connectivity index (χ4n) is 4.27. The molecule has 1 atom stereocenters. The van der Waals surface area contributed by atoms with E-state index in [1.54, 1.807) is 34.0 Å². The molecule has 0 N–H and O–H groups in total. The SMILES string of the molecule is Cc1nn(C)cc1-c1cc(C(=O)N2CCCC(c3ncc(Cc4ccc(F)cc4)o3)C2)on1. The standard InChI is InChI=1S/C24H24FN5O3/c1-15-20(14-29(2)27-15)21-11-22(33-28-21)24(31)30-9-3-4-17(13-30)23-26-12-19(32-23)10-16-5-7-18(25)8-6-16/h5-8,11-12,14,17H,3-4,9-10,13H2,1-2H3. The number of halogens is 1. The summed E-state index contributed by atoms with van der Waals surface area (Å²) in [6, 6.07) is 8.00. The lowest BCUT2D eigenvalue weighted by Crippen LogP contribution is -2.39. The molecule has 0 aliphatic carbocycles. The van der Waals surface area contributed by atoms with Crippen LogP contribution in [0.4, 0.5) is 4.39 Å². The third-order valence-corrected chi connectivity index (χ3v) is 5.93. The van der Waals surface area contributed by atoms with Crippen molar-refractivity contribution >= 4 is 5.91 Å². The maximum atomic E-state index is 13.1. The molecule has 1 fully saturated rings. The van der Waals surface area contributed by atoms with Crippen LogP contribution in [-0.2, 0) is 13.5 Å². The van der Waals surface area contributed by atoms with Gasteiger partial charge in [0.15, 0.2) is 5.89 Å². The number of carbonyl (C=O) groups is 1. The van der Waals surface area contributed by atoms with Gasteiger partial charge in [0.25, 0.3) is 5.91 Å². The molecule has 1 saturated heterocycles. The van der Waals surface area contributed by atoms with Gasteiger partial charge in [0.1, 0.15) is 17.3 Å². The summed E-state index contributed by atoms with van der Waals surface area (Å²) in [5.41, 5.74) is 3.20. The van der Waals surface area contributed by atoms with Gasteiger partial charge in [-0.1, -0.05) is 17.3 Å². The molecule has 9 heteroatoms. The van der Waals surface area contributed by atoms with Gasteiger partial charge in [-0.05, 0) is 37.5 Å². The molecule has 1 amide bonds. The monoisotopic (exact) mass is 449 g/mol. The van der Waals surface area contributed by atoms with E-state index in [0.717, 1.165) is 29.7 Å². The Morgan fingerprint density at radius 1 is 1.27 bits per heavy atom. The predicted octanol–water partition coefficient (Wildman–Crippen LogP) is 4.12. The Hall–Kier alpha value is -3.75. The van der Waals surface area contributed by atoms with Crippen molar-refractivity contribution in [3.8, 4) is 11.3 Å². The summed E-state index contributed by atoms with van der Waals surface area (Å²) >= 11 is 0. The average molecular weight is 449 g/mol. The highest BCUT2D eigenvalue weighted by atomic mass is 19.1. The smallest absolute Gasteiger partial charge is 0.292 e. The van der Waals surface area contributed by atoms with Crippen molar-refractivity contribution in [3.63, 3.8) is 0 Å². The summed E-state index contributed by atoms with van der Waals surface area (Å²) in [5, 5.41) is 8.38. The largest absolute Gasteiger partial charge is 0.445 e. The van der Waals surface area contributed by atoms with Gasteiger partial charge in [0, 0.05) is 44.4 Å². The van der Waals surface area contributed by atoms with Crippen LogP contribution in [0.5, 0.6) is 0 Å². The summed E-state index contributed by atoms with van der Waals surface area (Å²) in [5.74, 6) is 1.09. The number of hydrogen-bond donors (Lipinski definition) is 0. The molecule has 0 radical (unpaired) electrons. The van der Waals surface area contributed by atoms with Crippen LogP contribution < -0.4 is 0 Å². The fraction of sp³-hybridized carbons (Fsp3) is 0.333. The first-order valence-electron chi connectivity index (χ1n) is 10.9. The molecule has 1 aliphatic heterocycles. The molecule has 0 bridgehead atoms. The number of rotatable bonds is 5. The summed E-state index contributed by atoms with van der Waals surface area (Å²) in [7, 11) is 1.84. The van der Waals surface area contributed by atoms with E-state index in [1.165, 1.54) is 12.1 Å². The Morgan fingerprint density at radius 2 is 2.09 bits per heavy atom. The summed E-state index contributed by atoms with van der Waals surface area (Å²) in [6.45, 7) is 3.03. The van der Waals surface area contributed by atoms with E-state index in [1.807, 2.05) is 20.2 Å². The predicted molar refractivity (Wildman–Crippen MR) is 117 cm³/mol. The molecule has 170 valence electrons. The zero-order valence-electron chi connectivity index (χ0n) is 18.5. The molecular formula is C24H24FN5O3. The zero-order chi connectivity index (χ0) is 22.9. The highest BCUT2D eigenvalue weighted by Crippen LogP contribution is 2.29. The van der Waals surface area contributed by atoms with Gasteiger partial charge in [-0.15, -0.1) is 0 Å². The second kappa shape index (κ2) is 8.65. The normalized spacial score (nSPS) is 16.3. The van der Waals surface area contributed by atoms with Gasteiger partial charge in [-0.25, -0.2) is 9.37 Å². The first kappa shape index (κ1) is 21.1. The maximum absolute atomic E-state index is 13.1. The minimum atomic E-state index is -0.265. The Kier molecular flexibility index (Phi) is 5.53. The van der Waals surface area contributed by atoms with Crippen molar-refractivity contribution in [2.24, 2.45) is 7.05 Å². The Balaban J connectivity index is 1.26. The van der Waals surface area contributed by atoms with Crippen LogP contribution in [0.1, 0.15) is 52.2 Å². The van der Waals surface area contributed by atoms with E-state index in [0.29, 0.717) is 36.9 Å². The van der Waals surface area contributed by atoms with Crippen molar-refractivity contribution in [2.45, 2.75) is 32.1 Å². The first-order valence-corrected chi connectivity index (χ1v) is 10.9. The first-order chi connectivity index (χ1) is 16.0. The molecule has 0 saturated carbocycles. The van der Waals surface area contributed by atoms with Crippen molar-refractivity contribution in [1.82, 2.24) is 24.8 Å². The quantitative estimate of drug-likeness (QED) is 0.455. The lowest BCUT2D eigenvalue weighted by atomic mass is 9.98. The molecule has 1 aliphatic rings. The minimum absolute atomic E-state index is 0.00706. The van der Waals surface area contributed by atoms with Gasteiger partial charge in [0.05, 0.1) is 17.8 Å². The number of nitrogens with zero attached hydrogens (tertiary/aromatic N) is 5. The van der Waals surface area contributed by atoms with Crippen molar-refractivity contribution in [3.05, 3.63) is 77.2 Å². The summed E-state index contributed by atoms with van der Waals surface area (Å²) < 4.78 is 26.2. The number of aryl methyl sites for hydroxylation is 2. The summed E-state index contributed by atoms with van der Waals surface area (Å²) in [6.07, 6.45) is 5.83. The van der Waals surface area contributed by atoms with Gasteiger partial charge in [-0.3, -0.25) is 9.48 Å². The van der Waals surface area contributed by atoms with E-state index in [4.69, 9.17) is 8.94 Å². The van der Waals surface area contributed by atoms with E-state index in [2.05, 4.69) is 15.2 Å². The van der Waals surface area contributed by atoms with Crippen LogP contribution in [0.2, 0.25) is 0 Å². The lowest BCUT2D eigenvalue weighted by molar-refractivity contribution is 0.0656. The molecule has 8 nitrogen and oxygen atoms in total. The molecule has 0 spiro atoms. The van der Waals surface area contributed by atoms with Crippen LogP contribution in [0.3, 0.4) is 0 Å². The van der Waals surface area contributed by atoms with E-state index in [-0.39, 0.29) is 23.4 Å². The van der Waals surface area contributed by atoms with Crippen LogP contribution in [-0.4, -0.2) is 43.8 Å². The number of benzene rings is 1. The minimum Gasteiger partial charge on any atom is -0.445 e. The molecule has 4 heterocycles. The van der Waals surface area contributed by atoms with E-state index in [9.17, 15) is 9.18 Å². The number of hydrogen-bond acceptors (Lipinski definition) is 6. The fourth-order valence-corrected chi connectivity index (χ4v) is 4.27. The molecule has 5 rings (SSSR count). The van der Waals surface area contributed by atoms with Gasteiger partial charge in [0.2, 0.25) is 5.76 Å². The molecule has 33 heavy (non-hydrogen) atoms. The number of likely N-dealkylation sites (tertiary alicyclic amines) is 1. The van der Waals surface area contributed by atoms with Gasteiger partial charge in [-0.2, -0.15) is 5.10 Å². The lowest BCUT2D eigenvalue weighted by Gasteiger charge is -2.30. The number of carbonyl (C=O) groups excluding carboxylic acids is 1. The number of piperidine rings is 1. The zero-order valence-corrected chi connectivity index (χ0v) is 18.5. The average Bonchev–Trinajstić information content (AvgIpc) is 3.55. The van der Waals surface area contributed by atoms with Crippen LogP contribution >= 0.6 is 0 Å². The van der Waals surface area contributed by atoms with Crippen molar-refractivity contribution < 1.29 is 18.1 Å². The number of amides is 1. The third-order valence-electron chi connectivity index (χ3n) is 5.93. The highest BCUT2D eigenvalue weighted by molar-refractivity contribution is 5.92. The van der Waals surface area contributed by atoms with E-state index < -0.39 is 0 Å². The van der Waals surface area contributed by atoms with Gasteiger partial charge >= 0.3 is 0 Å². The number of oxazole rings is 1. The van der Waals surface area contributed by atoms with Crippen LogP contribution in [0.25, 0.3) is 11.3 Å². The van der Waals surface area contributed by atoms with Gasteiger partial charge < -0.3 is 13.8 Å². The van der Waals surface area contributed by atoms with E-state index >= 15 is 0 Å². The Morgan fingerprint density at radius 3 is 2.85 bits per heavy atom. The Labute approximate surface area is 190 Å².